The first-order valence-electron chi connectivity index (χ1n) is 5.33. The van der Waals surface area contributed by atoms with Crippen LogP contribution in [0.4, 0.5) is 0 Å². The quantitative estimate of drug-likeness (QED) is 0.633. The van der Waals surface area contributed by atoms with Gasteiger partial charge in [-0.05, 0) is 32.7 Å². The van der Waals surface area contributed by atoms with Gasteiger partial charge < -0.3 is 14.8 Å². The first-order valence-corrected chi connectivity index (χ1v) is 5.33. The molecule has 0 aromatic carbocycles. The summed E-state index contributed by atoms with van der Waals surface area (Å²) in [7, 11) is 0. The summed E-state index contributed by atoms with van der Waals surface area (Å²) in [5.74, 6) is 0. The van der Waals surface area contributed by atoms with Crippen LogP contribution in [0, 0.1) is 0 Å². The Morgan fingerprint density at radius 2 is 2.31 bits per heavy atom. The summed E-state index contributed by atoms with van der Waals surface area (Å²) < 4.78 is 10.9. The van der Waals surface area contributed by atoms with Crippen LogP contribution in [0.2, 0.25) is 0 Å². The predicted molar refractivity (Wildman–Crippen MR) is 53.0 cm³/mol. The van der Waals surface area contributed by atoms with Crippen LogP contribution in [-0.2, 0) is 9.47 Å². The smallest absolute Gasteiger partial charge is 0.0699 e. The fraction of sp³-hybridized carbons (Fsp3) is 1.00. The van der Waals surface area contributed by atoms with E-state index in [4.69, 9.17) is 9.47 Å². The van der Waals surface area contributed by atoms with Crippen LogP contribution in [0.3, 0.4) is 0 Å². The minimum absolute atomic E-state index is 0.440. The second-order valence-corrected chi connectivity index (χ2v) is 3.39. The molecule has 3 heteroatoms. The number of rotatable bonds is 6. The lowest BCUT2D eigenvalue weighted by Gasteiger charge is -2.22. The molecule has 1 rings (SSSR count). The maximum atomic E-state index is 5.69. The summed E-state index contributed by atoms with van der Waals surface area (Å²) in [5.41, 5.74) is 0. The predicted octanol–water partition coefficient (Wildman–Crippen LogP) is 1.18. The van der Waals surface area contributed by atoms with Crippen LogP contribution < -0.4 is 5.32 Å². The van der Waals surface area contributed by atoms with E-state index in [9.17, 15) is 0 Å². The van der Waals surface area contributed by atoms with Crippen molar-refractivity contribution in [3.63, 3.8) is 0 Å². The van der Waals surface area contributed by atoms with Crippen LogP contribution in [0.15, 0.2) is 0 Å². The lowest BCUT2D eigenvalue weighted by molar-refractivity contribution is 0.0222. The van der Waals surface area contributed by atoms with Crippen molar-refractivity contribution in [2.24, 2.45) is 0 Å². The highest BCUT2D eigenvalue weighted by Crippen LogP contribution is 2.05. The molecule has 0 aromatic rings. The lowest BCUT2D eigenvalue weighted by Crippen LogP contribution is -2.35. The average molecular weight is 187 g/mol. The zero-order valence-electron chi connectivity index (χ0n) is 8.55. The van der Waals surface area contributed by atoms with Crippen LogP contribution >= 0.6 is 0 Å². The normalized spacial score (nSPS) is 23.3. The second-order valence-electron chi connectivity index (χ2n) is 3.39. The number of hydrogen-bond donors (Lipinski definition) is 1. The molecule has 0 saturated carbocycles. The van der Waals surface area contributed by atoms with Gasteiger partial charge in [0, 0.05) is 26.4 Å². The fourth-order valence-electron chi connectivity index (χ4n) is 1.52. The topological polar surface area (TPSA) is 30.5 Å². The molecule has 0 amide bonds. The molecule has 1 saturated heterocycles. The first-order chi connectivity index (χ1) is 6.43. The summed E-state index contributed by atoms with van der Waals surface area (Å²) in [6.07, 6.45) is 3.91. The van der Waals surface area contributed by atoms with E-state index in [-0.39, 0.29) is 0 Å². The Morgan fingerprint density at radius 1 is 1.38 bits per heavy atom. The van der Waals surface area contributed by atoms with Crippen molar-refractivity contribution >= 4 is 0 Å². The van der Waals surface area contributed by atoms with Gasteiger partial charge in [-0.1, -0.05) is 0 Å². The second kappa shape index (κ2) is 7.30. The highest BCUT2D eigenvalue weighted by Gasteiger charge is 2.12. The van der Waals surface area contributed by atoms with Crippen molar-refractivity contribution in [1.29, 1.82) is 0 Å². The fourth-order valence-corrected chi connectivity index (χ4v) is 1.52. The molecular weight excluding hydrogens is 166 g/mol. The van der Waals surface area contributed by atoms with E-state index in [1.54, 1.807) is 0 Å². The summed E-state index contributed by atoms with van der Waals surface area (Å²) in [6.45, 7) is 6.67. The number of hydrogen-bond acceptors (Lipinski definition) is 3. The molecule has 1 aliphatic heterocycles. The lowest BCUT2D eigenvalue weighted by atomic mass is 10.1. The molecule has 0 bridgehead atoms. The minimum Gasteiger partial charge on any atom is -0.382 e. The van der Waals surface area contributed by atoms with Crippen LogP contribution in [0.1, 0.15) is 26.2 Å². The Kier molecular flexibility index (Phi) is 6.15. The summed E-state index contributed by atoms with van der Waals surface area (Å²) >= 11 is 0. The van der Waals surface area contributed by atoms with Gasteiger partial charge in [-0.25, -0.2) is 0 Å². The van der Waals surface area contributed by atoms with Gasteiger partial charge in [0.2, 0.25) is 0 Å². The summed E-state index contributed by atoms with van der Waals surface area (Å²) in [4.78, 5) is 0. The third-order valence-electron chi connectivity index (χ3n) is 2.24. The number of piperidine rings is 1. The third kappa shape index (κ3) is 5.24. The SMILES string of the molecule is CCOCCCOC1CCCNC1. The zero-order chi connectivity index (χ0) is 9.36. The molecular formula is C10H21NO2. The van der Waals surface area contributed by atoms with E-state index in [0.717, 1.165) is 39.3 Å². The van der Waals surface area contributed by atoms with E-state index in [1.807, 2.05) is 6.92 Å². The molecule has 0 aliphatic carbocycles. The van der Waals surface area contributed by atoms with Crippen molar-refractivity contribution in [2.75, 3.05) is 32.9 Å². The maximum absolute atomic E-state index is 5.69. The number of nitrogens with one attached hydrogen (secondary N) is 1. The average Bonchev–Trinajstić information content (AvgIpc) is 2.19. The molecule has 1 unspecified atom stereocenters. The standard InChI is InChI=1S/C10H21NO2/c1-2-12-7-4-8-13-10-5-3-6-11-9-10/h10-11H,2-9H2,1H3. The molecule has 1 aliphatic rings. The summed E-state index contributed by atoms with van der Waals surface area (Å²) in [6, 6.07) is 0. The van der Waals surface area contributed by atoms with E-state index in [2.05, 4.69) is 5.32 Å². The molecule has 1 heterocycles. The summed E-state index contributed by atoms with van der Waals surface area (Å²) in [5, 5.41) is 3.33. The van der Waals surface area contributed by atoms with Crippen LogP contribution in [-0.4, -0.2) is 39.0 Å². The molecule has 1 N–H and O–H groups in total. The van der Waals surface area contributed by atoms with Gasteiger partial charge in [-0.2, -0.15) is 0 Å². The van der Waals surface area contributed by atoms with Gasteiger partial charge >= 0.3 is 0 Å². The van der Waals surface area contributed by atoms with E-state index >= 15 is 0 Å². The van der Waals surface area contributed by atoms with Gasteiger partial charge in [0.05, 0.1) is 6.10 Å². The van der Waals surface area contributed by atoms with Crippen molar-refractivity contribution in [3.8, 4) is 0 Å². The van der Waals surface area contributed by atoms with Crippen LogP contribution in [0.25, 0.3) is 0 Å². The Morgan fingerprint density at radius 3 is 3.00 bits per heavy atom. The monoisotopic (exact) mass is 187 g/mol. The molecule has 1 atom stereocenters. The number of ether oxygens (including phenoxy) is 2. The van der Waals surface area contributed by atoms with Crippen LogP contribution in [0.5, 0.6) is 0 Å². The van der Waals surface area contributed by atoms with E-state index in [1.165, 1.54) is 12.8 Å². The Balaban J connectivity index is 1.86. The molecule has 78 valence electrons. The van der Waals surface area contributed by atoms with Gasteiger partial charge in [0.1, 0.15) is 0 Å². The van der Waals surface area contributed by atoms with Gasteiger partial charge in [-0.15, -0.1) is 0 Å². The maximum Gasteiger partial charge on any atom is 0.0699 e. The molecule has 0 radical (unpaired) electrons. The van der Waals surface area contributed by atoms with Crippen molar-refractivity contribution in [2.45, 2.75) is 32.3 Å². The minimum atomic E-state index is 0.440. The molecule has 1 fully saturated rings. The van der Waals surface area contributed by atoms with Crippen molar-refractivity contribution in [3.05, 3.63) is 0 Å². The third-order valence-corrected chi connectivity index (χ3v) is 2.24. The largest absolute Gasteiger partial charge is 0.382 e. The Bertz CT molecular complexity index is 113. The van der Waals surface area contributed by atoms with Gasteiger partial charge in [-0.3, -0.25) is 0 Å². The Labute approximate surface area is 80.8 Å². The first kappa shape index (κ1) is 11.0. The van der Waals surface area contributed by atoms with E-state index < -0.39 is 0 Å². The van der Waals surface area contributed by atoms with Gasteiger partial charge in [0.25, 0.3) is 0 Å². The van der Waals surface area contributed by atoms with Crippen molar-refractivity contribution in [1.82, 2.24) is 5.32 Å². The highest BCUT2D eigenvalue weighted by atomic mass is 16.5. The zero-order valence-corrected chi connectivity index (χ0v) is 8.55. The molecule has 13 heavy (non-hydrogen) atoms. The van der Waals surface area contributed by atoms with E-state index in [0.29, 0.717) is 6.10 Å². The Hall–Kier alpha value is -0.120. The highest BCUT2D eigenvalue weighted by molar-refractivity contribution is 4.68. The molecule has 0 spiro atoms. The molecule has 3 nitrogen and oxygen atoms in total. The van der Waals surface area contributed by atoms with Crippen molar-refractivity contribution < 1.29 is 9.47 Å². The molecule has 0 aromatic heterocycles. The van der Waals surface area contributed by atoms with Gasteiger partial charge in [0.15, 0.2) is 0 Å².